The predicted octanol–water partition coefficient (Wildman–Crippen LogP) is 3.77. The lowest BCUT2D eigenvalue weighted by molar-refractivity contribution is 0.199. The molecular formula is C16H17FO2. The zero-order valence-electron chi connectivity index (χ0n) is 11.1. The maximum absolute atomic E-state index is 13.1. The lowest BCUT2D eigenvalue weighted by atomic mass is 10.1. The summed E-state index contributed by atoms with van der Waals surface area (Å²) in [6.45, 7) is 3.97. The monoisotopic (exact) mass is 260 g/mol. The van der Waals surface area contributed by atoms with Crippen LogP contribution in [0.1, 0.15) is 29.7 Å². The van der Waals surface area contributed by atoms with E-state index in [0.717, 1.165) is 16.7 Å². The Balaban J connectivity index is 2.04. The van der Waals surface area contributed by atoms with Crippen molar-refractivity contribution < 1.29 is 14.2 Å². The number of hydrogen-bond acceptors (Lipinski definition) is 2. The normalized spacial score (nSPS) is 12.2. The van der Waals surface area contributed by atoms with Crippen molar-refractivity contribution in [2.24, 2.45) is 0 Å². The Labute approximate surface area is 112 Å². The highest BCUT2D eigenvalue weighted by atomic mass is 19.1. The molecule has 0 saturated carbocycles. The Bertz CT molecular complexity index is 547. The fraction of sp³-hybridized carbons (Fsp3) is 0.250. The zero-order chi connectivity index (χ0) is 13.8. The summed E-state index contributed by atoms with van der Waals surface area (Å²) in [4.78, 5) is 0. The van der Waals surface area contributed by atoms with Gasteiger partial charge in [0.1, 0.15) is 18.2 Å². The third-order valence-electron chi connectivity index (χ3n) is 3.07. The van der Waals surface area contributed by atoms with Gasteiger partial charge in [0.2, 0.25) is 0 Å². The van der Waals surface area contributed by atoms with Crippen molar-refractivity contribution in [3.63, 3.8) is 0 Å². The van der Waals surface area contributed by atoms with Gasteiger partial charge in [-0.15, -0.1) is 0 Å². The molecule has 2 aromatic carbocycles. The van der Waals surface area contributed by atoms with E-state index in [9.17, 15) is 9.50 Å². The molecule has 2 rings (SSSR count). The minimum Gasteiger partial charge on any atom is -0.489 e. The molecule has 0 aliphatic carbocycles. The van der Waals surface area contributed by atoms with Crippen molar-refractivity contribution in [3.8, 4) is 5.75 Å². The summed E-state index contributed by atoms with van der Waals surface area (Å²) in [5, 5.41) is 9.41. The highest BCUT2D eigenvalue weighted by molar-refractivity contribution is 5.30. The average Bonchev–Trinajstić information content (AvgIpc) is 2.40. The van der Waals surface area contributed by atoms with Crippen LogP contribution in [0.2, 0.25) is 0 Å². The molecular weight excluding hydrogens is 243 g/mol. The molecule has 0 aromatic heterocycles. The number of rotatable bonds is 4. The second kappa shape index (κ2) is 5.85. The molecule has 19 heavy (non-hydrogen) atoms. The van der Waals surface area contributed by atoms with Gasteiger partial charge in [-0.25, -0.2) is 4.39 Å². The van der Waals surface area contributed by atoms with Crippen molar-refractivity contribution in [2.75, 3.05) is 0 Å². The maximum atomic E-state index is 13.1. The third kappa shape index (κ3) is 3.55. The Kier molecular flexibility index (Phi) is 4.17. The minimum atomic E-state index is -0.487. The largest absolute Gasteiger partial charge is 0.489 e. The van der Waals surface area contributed by atoms with E-state index in [1.165, 1.54) is 12.1 Å². The van der Waals surface area contributed by atoms with E-state index in [1.807, 2.05) is 19.1 Å². The summed E-state index contributed by atoms with van der Waals surface area (Å²) >= 11 is 0. The van der Waals surface area contributed by atoms with E-state index in [1.54, 1.807) is 25.1 Å². The van der Waals surface area contributed by atoms with E-state index in [2.05, 4.69) is 0 Å². The summed E-state index contributed by atoms with van der Waals surface area (Å²) < 4.78 is 18.7. The number of aryl methyl sites for hydroxylation is 1. The van der Waals surface area contributed by atoms with E-state index in [0.29, 0.717) is 12.4 Å². The second-order valence-corrected chi connectivity index (χ2v) is 4.60. The molecule has 1 atom stereocenters. The topological polar surface area (TPSA) is 29.5 Å². The van der Waals surface area contributed by atoms with Crippen LogP contribution in [0.25, 0.3) is 0 Å². The van der Waals surface area contributed by atoms with Gasteiger partial charge in [0.05, 0.1) is 6.10 Å². The fourth-order valence-electron chi connectivity index (χ4n) is 1.80. The van der Waals surface area contributed by atoms with Gasteiger partial charge in [0, 0.05) is 0 Å². The smallest absolute Gasteiger partial charge is 0.123 e. The van der Waals surface area contributed by atoms with Gasteiger partial charge < -0.3 is 9.84 Å². The van der Waals surface area contributed by atoms with E-state index in [4.69, 9.17) is 4.74 Å². The molecule has 0 fully saturated rings. The summed E-state index contributed by atoms with van der Waals surface area (Å²) in [5.74, 6) is 0.446. The number of benzene rings is 2. The summed E-state index contributed by atoms with van der Waals surface area (Å²) in [7, 11) is 0. The molecule has 0 bridgehead atoms. The van der Waals surface area contributed by atoms with Crippen LogP contribution >= 0.6 is 0 Å². The van der Waals surface area contributed by atoms with Gasteiger partial charge >= 0.3 is 0 Å². The molecule has 2 aromatic rings. The molecule has 0 saturated heterocycles. The van der Waals surface area contributed by atoms with Gasteiger partial charge in [-0.05, 0) is 54.8 Å². The second-order valence-electron chi connectivity index (χ2n) is 4.60. The number of ether oxygens (including phenoxy) is 1. The van der Waals surface area contributed by atoms with Crippen LogP contribution in [-0.4, -0.2) is 5.11 Å². The number of halogens is 1. The predicted molar refractivity (Wildman–Crippen MR) is 72.5 cm³/mol. The first kappa shape index (κ1) is 13.6. The molecule has 0 aliphatic rings. The van der Waals surface area contributed by atoms with Crippen molar-refractivity contribution in [1.29, 1.82) is 0 Å². The van der Waals surface area contributed by atoms with Crippen molar-refractivity contribution >= 4 is 0 Å². The van der Waals surface area contributed by atoms with E-state index < -0.39 is 6.10 Å². The molecule has 1 unspecified atom stereocenters. The van der Waals surface area contributed by atoms with Crippen molar-refractivity contribution in [2.45, 2.75) is 26.6 Å². The van der Waals surface area contributed by atoms with E-state index >= 15 is 0 Å². The Morgan fingerprint density at radius 1 is 1.16 bits per heavy atom. The summed E-state index contributed by atoms with van der Waals surface area (Å²) in [6.07, 6.45) is -0.487. The number of aliphatic hydroxyl groups is 1. The fourth-order valence-corrected chi connectivity index (χ4v) is 1.80. The van der Waals surface area contributed by atoms with E-state index in [-0.39, 0.29) is 5.82 Å². The molecule has 0 heterocycles. The highest BCUT2D eigenvalue weighted by Crippen LogP contribution is 2.19. The van der Waals surface area contributed by atoms with Gasteiger partial charge in [-0.2, -0.15) is 0 Å². The summed E-state index contributed by atoms with van der Waals surface area (Å²) in [6, 6.07) is 11.9. The van der Waals surface area contributed by atoms with Gasteiger partial charge in [0.25, 0.3) is 0 Å². The van der Waals surface area contributed by atoms with Crippen LogP contribution in [0, 0.1) is 12.7 Å². The van der Waals surface area contributed by atoms with Gasteiger partial charge in [-0.3, -0.25) is 0 Å². The molecule has 0 radical (unpaired) electrons. The highest BCUT2D eigenvalue weighted by Gasteiger charge is 2.03. The van der Waals surface area contributed by atoms with Gasteiger partial charge in [0.15, 0.2) is 0 Å². The first-order valence-corrected chi connectivity index (χ1v) is 6.22. The molecule has 0 spiro atoms. The number of aliphatic hydroxyl groups excluding tert-OH is 1. The Hall–Kier alpha value is -1.87. The van der Waals surface area contributed by atoms with Crippen molar-refractivity contribution in [1.82, 2.24) is 0 Å². The standard InChI is InChI=1S/C16H17FO2/c1-11-3-6-15(17)9-14(11)10-19-16-7-4-13(5-8-16)12(2)18/h3-9,12,18H,10H2,1-2H3. The zero-order valence-corrected chi connectivity index (χ0v) is 11.1. The van der Waals surface area contributed by atoms with Crippen LogP contribution < -0.4 is 4.74 Å². The van der Waals surface area contributed by atoms with Crippen LogP contribution in [0.4, 0.5) is 4.39 Å². The molecule has 0 aliphatic heterocycles. The molecule has 1 N–H and O–H groups in total. The van der Waals surface area contributed by atoms with Crippen LogP contribution in [-0.2, 0) is 6.61 Å². The van der Waals surface area contributed by atoms with Crippen LogP contribution in [0.15, 0.2) is 42.5 Å². The Morgan fingerprint density at radius 2 is 1.84 bits per heavy atom. The average molecular weight is 260 g/mol. The molecule has 2 nitrogen and oxygen atoms in total. The molecule has 3 heteroatoms. The number of hydrogen-bond donors (Lipinski definition) is 1. The minimum absolute atomic E-state index is 0.256. The lowest BCUT2D eigenvalue weighted by Crippen LogP contribution is -1.99. The quantitative estimate of drug-likeness (QED) is 0.906. The first-order chi connectivity index (χ1) is 9.06. The van der Waals surface area contributed by atoms with Crippen LogP contribution in [0.3, 0.4) is 0 Å². The summed E-state index contributed by atoms with van der Waals surface area (Å²) in [5.41, 5.74) is 2.68. The Morgan fingerprint density at radius 3 is 2.47 bits per heavy atom. The maximum Gasteiger partial charge on any atom is 0.123 e. The van der Waals surface area contributed by atoms with Gasteiger partial charge in [-0.1, -0.05) is 18.2 Å². The SMILES string of the molecule is Cc1ccc(F)cc1COc1ccc(C(C)O)cc1. The van der Waals surface area contributed by atoms with Crippen LogP contribution in [0.5, 0.6) is 5.75 Å². The first-order valence-electron chi connectivity index (χ1n) is 6.22. The third-order valence-corrected chi connectivity index (χ3v) is 3.07. The lowest BCUT2D eigenvalue weighted by Gasteiger charge is -2.10. The molecule has 100 valence electrons. The van der Waals surface area contributed by atoms with Crippen molar-refractivity contribution in [3.05, 3.63) is 65.0 Å². The molecule has 0 amide bonds.